The second-order valence-corrected chi connectivity index (χ2v) is 5.90. The van der Waals surface area contributed by atoms with Gasteiger partial charge in [-0.25, -0.2) is 5.43 Å². The minimum atomic E-state index is -0.189. The van der Waals surface area contributed by atoms with E-state index in [-0.39, 0.29) is 17.7 Å². The average molecular weight is 337 g/mol. The van der Waals surface area contributed by atoms with E-state index in [1.807, 2.05) is 31.2 Å². The van der Waals surface area contributed by atoms with Crippen LogP contribution in [0.25, 0.3) is 0 Å². The Balaban J connectivity index is 1.70. The molecule has 2 N–H and O–H groups in total. The third-order valence-electron chi connectivity index (χ3n) is 4.05. The van der Waals surface area contributed by atoms with Gasteiger partial charge in [0, 0.05) is 23.6 Å². The molecule has 1 unspecified atom stereocenters. The fraction of sp³-hybridized carbons (Fsp3) is 0.211. The molecule has 1 heterocycles. The summed E-state index contributed by atoms with van der Waals surface area (Å²) in [6.07, 6.45) is 0.425. The number of hydrogen-bond donors (Lipinski definition) is 2. The lowest BCUT2D eigenvalue weighted by atomic mass is 9.94. The molecule has 1 aliphatic heterocycles. The molecule has 6 nitrogen and oxygen atoms in total. The van der Waals surface area contributed by atoms with Gasteiger partial charge in [-0.15, -0.1) is 0 Å². The number of amides is 2. The van der Waals surface area contributed by atoms with Gasteiger partial charge in [0.2, 0.25) is 5.91 Å². The van der Waals surface area contributed by atoms with Crippen molar-refractivity contribution in [3.8, 4) is 5.75 Å². The minimum absolute atomic E-state index is 0.0634. The minimum Gasteiger partial charge on any atom is -0.497 e. The molecule has 2 amide bonds. The highest BCUT2D eigenvalue weighted by Crippen LogP contribution is 2.19. The maximum Gasteiger partial charge on any atom is 0.255 e. The summed E-state index contributed by atoms with van der Waals surface area (Å²) < 4.78 is 5.08. The fourth-order valence-electron chi connectivity index (χ4n) is 2.67. The number of hydrogen-bond acceptors (Lipinski definition) is 4. The van der Waals surface area contributed by atoms with Crippen molar-refractivity contribution >= 4 is 23.2 Å². The molecule has 2 aromatic rings. The van der Waals surface area contributed by atoms with Gasteiger partial charge in [-0.05, 0) is 42.0 Å². The SMILES string of the molecule is COc1ccc(C(=O)Nc2ccc(C3=NNC(=O)CC3C)cc2)cc1. The third kappa shape index (κ3) is 3.85. The van der Waals surface area contributed by atoms with E-state index in [2.05, 4.69) is 15.8 Å². The van der Waals surface area contributed by atoms with Crippen molar-refractivity contribution in [2.24, 2.45) is 11.0 Å². The molecular weight excluding hydrogens is 318 g/mol. The van der Waals surface area contributed by atoms with Gasteiger partial charge >= 0.3 is 0 Å². The summed E-state index contributed by atoms with van der Waals surface area (Å²) in [6, 6.07) is 14.3. The van der Waals surface area contributed by atoms with Crippen LogP contribution in [-0.4, -0.2) is 24.6 Å². The van der Waals surface area contributed by atoms with Crippen LogP contribution in [0.4, 0.5) is 5.69 Å². The Kier molecular flexibility index (Phi) is 4.79. The molecule has 3 rings (SSSR count). The number of anilines is 1. The zero-order valence-corrected chi connectivity index (χ0v) is 14.1. The second-order valence-electron chi connectivity index (χ2n) is 5.90. The summed E-state index contributed by atoms with van der Waals surface area (Å²) >= 11 is 0. The van der Waals surface area contributed by atoms with Gasteiger partial charge < -0.3 is 10.1 Å². The molecule has 0 radical (unpaired) electrons. The van der Waals surface area contributed by atoms with Crippen LogP contribution in [0, 0.1) is 5.92 Å². The van der Waals surface area contributed by atoms with Gasteiger partial charge in [0.25, 0.3) is 5.91 Å². The first-order valence-corrected chi connectivity index (χ1v) is 7.99. The molecule has 0 aromatic heterocycles. The lowest BCUT2D eigenvalue weighted by Crippen LogP contribution is -2.31. The molecule has 0 saturated carbocycles. The number of carbonyl (C=O) groups is 2. The van der Waals surface area contributed by atoms with Crippen molar-refractivity contribution in [1.82, 2.24) is 5.43 Å². The van der Waals surface area contributed by atoms with Crippen LogP contribution in [-0.2, 0) is 4.79 Å². The summed E-state index contributed by atoms with van der Waals surface area (Å²) in [5.74, 6) is 0.509. The van der Waals surface area contributed by atoms with Crippen LogP contribution in [0.1, 0.15) is 29.3 Å². The second kappa shape index (κ2) is 7.17. The highest BCUT2D eigenvalue weighted by molar-refractivity contribution is 6.07. The lowest BCUT2D eigenvalue weighted by Gasteiger charge is -2.19. The Morgan fingerprint density at radius 3 is 2.44 bits per heavy atom. The Bertz CT molecular complexity index is 811. The van der Waals surface area contributed by atoms with Crippen LogP contribution < -0.4 is 15.5 Å². The van der Waals surface area contributed by atoms with Gasteiger partial charge in [0.05, 0.1) is 12.8 Å². The Morgan fingerprint density at radius 1 is 1.16 bits per heavy atom. The number of ether oxygens (including phenoxy) is 1. The molecule has 0 aliphatic carbocycles. The van der Waals surface area contributed by atoms with Crippen molar-refractivity contribution in [1.29, 1.82) is 0 Å². The third-order valence-corrected chi connectivity index (χ3v) is 4.05. The number of rotatable bonds is 4. The van der Waals surface area contributed by atoms with E-state index >= 15 is 0 Å². The lowest BCUT2D eigenvalue weighted by molar-refractivity contribution is -0.121. The van der Waals surface area contributed by atoms with Gasteiger partial charge in [0.1, 0.15) is 5.75 Å². The highest BCUT2D eigenvalue weighted by Gasteiger charge is 2.21. The van der Waals surface area contributed by atoms with E-state index in [0.717, 1.165) is 11.3 Å². The molecule has 6 heteroatoms. The number of benzene rings is 2. The average Bonchev–Trinajstić information content (AvgIpc) is 2.63. The molecule has 0 fully saturated rings. The van der Waals surface area contributed by atoms with Crippen molar-refractivity contribution < 1.29 is 14.3 Å². The monoisotopic (exact) mass is 337 g/mol. The van der Waals surface area contributed by atoms with E-state index in [0.29, 0.717) is 23.4 Å². The highest BCUT2D eigenvalue weighted by atomic mass is 16.5. The van der Waals surface area contributed by atoms with Crippen molar-refractivity contribution in [3.63, 3.8) is 0 Å². The molecule has 0 bridgehead atoms. The largest absolute Gasteiger partial charge is 0.497 e. The molecular formula is C19H19N3O3. The fourth-order valence-corrected chi connectivity index (χ4v) is 2.67. The van der Waals surface area contributed by atoms with E-state index in [4.69, 9.17) is 4.74 Å². The first-order valence-electron chi connectivity index (χ1n) is 7.99. The van der Waals surface area contributed by atoms with Gasteiger partial charge in [-0.3, -0.25) is 9.59 Å². The Morgan fingerprint density at radius 2 is 1.84 bits per heavy atom. The topological polar surface area (TPSA) is 79.8 Å². The normalized spacial score (nSPS) is 16.6. The molecule has 128 valence electrons. The van der Waals surface area contributed by atoms with Crippen LogP contribution in [0.5, 0.6) is 5.75 Å². The summed E-state index contributed by atoms with van der Waals surface area (Å²) in [7, 11) is 1.58. The quantitative estimate of drug-likeness (QED) is 0.900. The summed E-state index contributed by atoms with van der Waals surface area (Å²) in [5, 5.41) is 6.99. The molecule has 1 atom stereocenters. The Labute approximate surface area is 145 Å². The molecule has 1 aliphatic rings. The van der Waals surface area contributed by atoms with Crippen LogP contribution in [0.15, 0.2) is 53.6 Å². The van der Waals surface area contributed by atoms with Crippen molar-refractivity contribution in [3.05, 3.63) is 59.7 Å². The summed E-state index contributed by atoms with van der Waals surface area (Å²) in [4.78, 5) is 23.6. The number of nitrogens with zero attached hydrogens (tertiary/aromatic N) is 1. The standard InChI is InChI=1S/C19H19N3O3/c1-12-11-17(23)21-22-18(12)13-3-7-15(8-4-13)20-19(24)14-5-9-16(25-2)10-6-14/h3-10,12H,11H2,1-2H3,(H,20,24)(H,21,23). The molecule has 2 aromatic carbocycles. The predicted octanol–water partition coefficient (Wildman–Crippen LogP) is 2.81. The molecule has 25 heavy (non-hydrogen) atoms. The van der Waals surface area contributed by atoms with E-state index < -0.39 is 0 Å². The zero-order valence-electron chi connectivity index (χ0n) is 14.1. The van der Waals surface area contributed by atoms with Crippen molar-refractivity contribution in [2.75, 3.05) is 12.4 Å². The van der Waals surface area contributed by atoms with E-state index in [9.17, 15) is 9.59 Å². The maximum atomic E-state index is 12.3. The van der Waals surface area contributed by atoms with Crippen LogP contribution in [0.3, 0.4) is 0 Å². The number of hydrazone groups is 1. The smallest absolute Gasteiger partial charge is 0.255 e. The van der Waals surface area contributed by atoms with E-state index in [1.54, 1.807) is 31.4 Å². The number of nitrogens with one attached hydrogen (secondary N) is 2. The predicted molar refractivity (Wildman–Crippen MR) is 95.8 cm³/mol. The van der Waals surface area contributed by atoms with Crippen LogP contribution in [0.2, 0.25) is 0 Å². The Hall–Kier alpha value is -3.15. The van der Waals surface area contributed by atoms with E-state index in [1.165, 1.54) is 0 Å². The molecule has 0 saturated heterocycles. The number of methoxy groups -OCH3 is 1. The van der Waals surface area contributed by atoms with Gasteiger partial charge in [0.15, 0.2) is 0 Å². The summed E-state index contributed by atoms with van der Waals surface area (Å²) in [6.45, 7) is 1.97. The first kappa shape index (κ1) is 16.7. The van der Waals surface area contributed by atoms with Gasteiger partial charge in [-0.2, -0.15) is 5.10 Å². The van der Waals surface area contributed by atoms with Crippen molar-refractivity contribution in [2.45, 2.75) is 13.3 Å². The van der Waals surface area contributed by atoms with Gasteiger partial charge in [-0.1, -0.05) is 19.1 Å². The zero-order chi connectivity index (χ0) is 17.8. The first-order chi connectivity index (χ1) is 12.1. The maximum absolute atomic E-state index is 12.3. The molecule has 0 spiro atoms. The summed E-state index contributed by atoms with van der Waals surface area (Å²) in [5.41, 5.74) is 5.52. The number of carbonyl (C=O) groups excluding carboxylic acids is 2. The van der Waals surface area contributed by atoms with Crippen LogP contribution >= 0.6 is 0 Å².